The van der Waals surface area contributed by atoms with Gasteiger partial charge in [0, 0.05) is 17.1 Å². The van der Waals surface area contributed by atoms with Crippen LogP contribution in [0.2, 0.25) is 0 Å². The second-order valence-corrected chi connectivity index (χ2v) is 8.45. The number of anilines is 2. The minimum atomic E-state index is -3.83. The van der Waals surface area contributed by atoms with Gasteiger partial charge in [-0.25, -0.2) is 8.42 Å². The Labute approximate surface area is 168 Å². The molecule has 1 N–H and O–H groups in total. The lowest BCUT2D eigenvalue weighted by Gasteiger charge is -2.25. The number of sulfonamides is 1. The van der Waals surface area contributed by atoms with Crippen LogP contribution in [-0.4, -0.2) is 34.6 Å². The van der Waals surface area contributed by atoms with Gasteiger partial charge in [0.15, 0.2) is 11.5 Å². The zero-order valence-corrected chi connectivity index (χ0v) is 17.0. The lowest BCUT2D eigenvalue weighted by atomic mass is 10.1. The molecule has 0 spiro atoms. The van der Waals surface area contributed by atoms with E-state index in [-0.39, 0.29) is 4.90 Å². The molecule has 0 aliphatic carbocycles. The zero-order valence-electron chi connectivity index (χ0n) is 16.2. The van der Waals surface area contributed by atoms with Crippen molar-refractivity contribution in [3.63, 3.8) is 0 Å². The predicted molar refractivity (Wildman–Crippen MR) is 111 cm³/mol. The molecule has 1 amide bonds. The van der Waals surface area contributed by atoms with Gasteiger partial charge in [0.2, 0.25) is 5.91 Å². The Kier molecular flexibility index (Phi) is 4.58. The van der Waals surface area contributed by atoms with Gasteiger partial charge in [-0.3, -0.25) is 9.10 Å². The van der Waals surface area contributed by atoms with Crippen molar-refractivity contribution in [2.24, 2.45) is 0 Å². The average molecular weight is 412 g/mol. The van der Waals surface area contributed by atoms with Crippen LogP contribution in [-0.2, 0) is 14.8 Å². The molecule has 150 valence electrons. The van der Waals surface area contributed by atoms with E-state index < -0.39 is 22.0 Å². The van der Waals surface area contributed by atoms with Crippen molar-refractivity contribution < 1.29 is 22.7 Å². The second-order valence-electron chi connectivity index (χ2n) is 6.67. The Morgan fingerprint density at radius 2 is 1.69 bits per heavy atom. The average Bonchev–Trinajstić information content (AvgIpc) is 2.95. The number of nitrogens with one attached hydrogen (secondary N) is 1. The molecule has 8 heteroatoms. The third-order valence-corrected chi connectivity index (χ3v) is 6.93. The largest absolute Gasteiger partial charge is 0.493 e. The van der Waals surface area contributed by atoms with E-state index in [1.807, 2.05) is 12.1 Å². The van der Waals surface area contributed by atoms with Gasteiger partial charge in [-0.2, -0.15) is 0 Å². The van der Waals surface area contributed by atoms with E-state index in [9.17, 15) is 13.2 Å². The Morgan fingerprint density at radius 3 is 2.38 bits per heavy atom. The van der Waals surface area contributed by atoms with Crippen molar-refractivity contribution in [2.75, 3.05) is 23.8 Å². The van der Waals surface area contributed by atoms with Crippen LogP contribution in [0, 0.1) is 0 Å². The first kappa shape index (κ1) is 19.1. The summed E-state index contributed by atoms with van der Waals surface area (Å²) in [6.45, 7) is 1.57. The molecule has 1 atom stereocenters. The molecule has 1 heterocycles. The minimum Gasteiger partial charge on any atom is -0.493 e. The van der Waals surface area contributed by atoms with Crippen molar-refractivity contribution in [3.8, 4) is 11.5 Å². The summed E-state index contributed by atoms with van der Waals surface area (Å²) in [5.74, 6) is 0.539. The molecule has 4 rings (SSSR count). The van der Waals surface area contributed by atoms with Crippen molar-refractivity contribution in [2.45, 2.75) is 17.9 Å². The van der Waals surface area contributed by atoms with Gasteiger partial charge in [0.1, 0.15) is 6.04 Å². The zero-order chi connectivity index (χ0) is 20.8. The highest BCUT2D eigenvalue weighted by atomic mass is 32.2. The molecule has 0 radical (unpaired) electrons. The summed E-state index contributed by atoms with van der Waals surface area (Å²) < 4.78 is 37.9. The molecule has 1 aliphatic rings. The molecule has 0 aromatic heterocycles. The van der Waals surface area contributed by atoms with E-state index in [0.29, 0.717) is 28.3 Å². The maximum atomic E-state index is 13.2. The lowest BCUT2D eigenvalue weighted by Crippen LogP contribution is -2.43. The van der Waals surface area contributed by atoms with Crippen molar-refractivity contribution >= 4 is 38.1 Å². The Bertz CT molecular complexity index is 1220. The summed E-state index contributed by atoms with van der Waals surface area (Å²) in [4.78, 5) is 13.1. The number of amides is 1. The summed E-state index contributed by atoms with van der Waals surface area (Å²) in [5.41, 5.74) is 0.986. The fourth-order valence-electron chi connectivity index (χ4n) is 3.61. The molecule has 7 nitrogen and oxygen atoms in total. The summed E-state index contributed by atoms with van der Waals surface area (Å²) in [6.07, 6.45) is 0. The maximum Gasteiger partial charge on any atom is 0.265 e. The van der Waals surface area contributed by atoms with E-state index in [1.165, 1.54) is 18.5 Å². The molecule has 0 saturated carbocycles. The monoisotopic (exact) mass is 412 g/mol. The fraction of sp³-hybridized carbons (Fsp3) is 0.190. The highest BCUT2D eigenvalue weighted by molar-refractivity contribution is 7.93. The van der Waals surface area contributed by atoms with Crippen LogP contribution in [0.3, 0.4) is 0 Å². The maximum absolute atomic E-state index is 13.2. The third kappa shape index (κ3) is 2.96. The molecule has 0 unspecified atom stereocenters. The van der Waals surface area contributed by atoms with Crippen molar-refractivity contribution in [1.82, 2.24) is 0 Å². The number of rotatable bonds is 5. The van der Waals surface area contributed by atoms with Crippen LogP contribution in [0.5, 0.6) is 11.5 Å². The topological polar surface area (TPSA) is 84.9 Å². The molecule has 0 fully saturated rings. The highest BCUT2D eigenvalue weighted by Gasteiger charge is 2.40. The van der Waals surface area contributed by atoms with Crippen LogP contribution in [0.15, 0.2) is 59.5 Å². The molecule has 0 bridgehead atoms. The molecule has 1 aliphatic heterocycles. The lowest BCUT2D eigenvalue weighted by molar-refractivity contribution is -0.116. The van der Waals surface area contributed by atoms with E-state index >= 15 is 0 Å². The van der Waals surface area contributed by atoms with Crippen LogP contribution in [0.1, 0.15) is 6.92 Å². The van der Waals surface area contributed by atoms with Crippen molar-refractivity contribution in [3.05, 3.63) is 54.6 Å². The van der Waals surface area contributed by atoms with Gasteiger partial charge < -0.3 is 14.8 Å². The number of carbonyl (C=O) groups excluding carboxylic acids is 1. The van der Waals surface area contributed by atoms with Gasteiger partial charge in [0.25, 0.3) is 10.0 Å². The smallest absolute Gasteiger partial charge is 0.265 e. The first-order chi connectivity index (χ1) is 13.9. The first-order valence-electron chi connectivity index (χ1n) is 8.97. The van der Waals surface area contributed by atoms with Crippen LogP contribution in [0.4, 0.5) is 11.4 Å². The molecule has 29 heavy (non-hydrogen) atoms. The molecule has 0 saturated heterocycles. The minimum absolute atomic E-state index is 0.219. The van der Waals surface area contributed by atoms with Crippen molar-refractivity contribution in [1.29, 1.82) is 0 Å². The van der Waals surface area contributed by atoms with Crippen LogP contribution < -0.4 is 19.1 Å². The molecule has 3 aromatic rings. The van der Waals surface area contributed by atoms with E-state index in [2.05, 4.69) is 5.32 Å². The number of carbonyl (C=O) groups is 1. The number of ether oxygens (including phenoxy) is 2. The fourth-order valence-corrected chi connectivity index (χ4v) is 5.47. The Hall–Kier alpha value is -3.26. The second kappa shape index (κ2) is 6.97. The Morgan fingerprint density at radius 1 is 1.00 bits per heavy atom. The summed E-state index contributed by atoms with van der Waals surface area (Å²) in [5, 5.41) is 4.22. The van der Waals surface area contributed by atoms with Crippen LogP contribution >= 0.6 is 0 Å². The Balaban J connectivity index is 1.68. The van der Waals surface area contributed by atoms with Crippen LogP contribution in [0.25, 0.3) is 10.8 Å². The van der Waals surface area contributed by atoms with Gasteiger partial charge in [-0.15, -0.1) is 0 Å². The van der Waals surface area contributed by atoms with E-state index in [0.717, 1.165) is 5.39 Å². The number of benzene rings is 3. The SMILES string of the molecule is COc1ccc(NC(=O)[C@@H](C)N2c3cccc4cccc(c34)S2(=O)=O)cc1OC. The van der Waals surface area contributed by atoms with Gasteiger partial charge in [0.05, 0.1) is 24.8 Å². The third-order valence-electron chi connectivity index (χ3n) is 5.00. The van der Waals surface area contributed by atoms with Gasteiger partial charge in [-0.1, -0.05) is 24.3 Å². The standard InChI is InChI=1S/C21H20N2O5S/c1-13(21(24)22-15-10-11-17(27-2)18(12-15)28-3)23-16-8-4-6-14-7-5-9-19(20(14)16)29(23,25)26/h4-13H,1-3H3,(H,22,24)/t13-/m1/s1. The number of hydrogen-bond donors (Lipinski definition) is 1. The number of hydrogen-bond acceptors (Lipinski definition) is 5. The number of methoxy groups -OCH3 is 2. The summed E-state index contributed by atoms with van der Waals surface area (Å²) in [7, 11) is -0.807. The molecule has 3 aromatic carbocycles. The summed E-state index contributed by atoms with van der Waals surface area (Å²) in [6, 6.07) is 14.5. The number of nitrogens with zero attached hydrogens (tertiary/aromatic N) is 1. The van der Waals surface area contributed by atoms with E-state index in [1.54, 1.807) is 49.4 Å². The normalized spacial score (nSPS) is 15.2. The molecular formula is C21H20N2O5S. The highest BCUT2D eigenvalue weighted by Crippen LogP contribution is 2.43. The predicted octanol–water partition coefficient (Wildman–Crippen LogP) is 3.39. The van der Waals surface area contributed by atoms with E-state index in [4.69, 9.17) is 9.47 Å². The quantitative estimate of drug-likeness (QED) is 0.694. The van der Waals surface area contributed by atoms with Gasteiger partial charge in [-0.05, 0) is 36.6 Å². The van der Waals surface area contributed by atoms with Gasteiger partial charge >= 0.3 is 0 Å². The summed E-state index contributed by atoms with van der Waals surface area (Å²) >= 11 is 0. The first-order valence-corrected chi connectivity index (χ1v) is 10.4. The molecular weight excluding hydrogens is 392 g/mol.